The van der Waals surface area contributed by atoms with E-state index in [0.717, 1.165) is 5.56 Å². The second kappa shape index (κ2) is 7.93. The zero-order valence-corrected chi connectivity index (χ0v) is 15.0. The minimum absolute atomic E-state index is 0.0106. The lowest BCUT2D eigenvalue weighted by molar-refractivity contribution is 0.0992. The van der Waals surface area contributed by atoms with E-state index in [4.69, 9.17) is 20.8 Å². The fourth-order valence-corrected chi connectivity index (χ4v) is 2.48. The third kappa shape index (κ3) is 4.12. The van der Waals surface area contributed by atoms with Crippen molar-refractivity contribution in [3.05, 3.63) is 81.8 Å². The molecule has 0 aliphatic rings. The quantitative estimate of drug-likeness (QED) is 0.435. The van der Waals surface area contributed by atoms with Gasteiger partial charge in [0.15, 0.2) is 23.1 Å². The normalized spacial score (nSPS) is 10.8. The van der Waals surface area contributed by atoms with E-state index in [9.17, 15) is 22.4 Å². The van der Waals surface area contributed by atoms with Crippen LogP contribution in [0.4, 0.5) is 23.2 Å². The highest BCUT2D eigenvalue weighted by Gasteiger charge is 2.21. The molecule has 4 nitrogen and oxygen atoms in total. The summed E-state index contributed by atoms with van der Waals surface area (Å²) in [4.78, 5) is 12.3. The summed E-state index contributed by atoms with van der Waals surface area (Å²) in [5.41, 5.74) is 1.25. The Labute approximate surface area is 161 Å². The van der Waals surface area contributed by atoms with Gasteiger partial charge in [0, 0.05) is 16.8 Å². The van der Waals surface area contributed by atoms with Crippen molar-refractivity contribution in [2.75, 3.05) is 5.32 Å². The lowest BCUT2D eigenvalue weighted by Crippen LogP contribution is -2.11. The predicted octanol–water partition coefficient (Wildman–Crippen LogP) is 5.63. The number of hydrogen-bond donors (Lipinski definition) is 1. The Morgan fingerprint density at radius 2 is 1.75 bits per heavy atom. The third-order valence-electron chi connectivity index (χ3n) is 3.76. The number of aryl methyl sites for hydroxylation is 1. The lowest BCUT2D eigenvalue weighted by Gasteiger charge is -2.08. The van der Waals surface area contributed by atoms with Gasteiger partial charge >= 0.3 is 0 Å². The predicted molar refractivity (Wildman–Crippen MR) is 93.5 cm³/mol. The van der Waals surface area contributed by atoms with Gasteiger partial charge in [-0.05, 0) is 36.8 Å². The summed E-state index contributed by atoms with van der Waals surface area (Å²) in [6.45, 7) is 1.22. The number of benzene rings is 2. The van der Waals surface area contributed by atoms with E-state index in [0.29, 0.717) is 10.7 Å². The van der Waals surface area contributed by atoms with Gasteiger partial charge in [0.05, 0.1) is 0 Å². The number of carbonyl (C=O) groups excluding carboxylic acids is 1. The molecule has 0 saturated carbocycles. The fraction of sp³-hybridized carbons (Fsp3) is 0.105. The van der Waals surface area contributed by atoms with Crippen LogP contribution in [0.2, 0.25) is 5.02 Å². The van der Waals surface area contributed by atoms with Gasteiger partial charge in [0.1, 0.15) is 12.4 Å². The van der Waals surface area contributed by atoms with Crippen LogP contribution in [0, 0.1) is 30.2 Å². The van der Waals surface area contributed by atoms with Crippen molar-refractivity contribution in [2.24, 2.45) is 0 Å². The molecule has 0 unspecified atom stereocenters. The summed E-state index contributed by atoms with van der Waals surface area (Å²) >= 11 is 5.89. The monoisotopic (exact) mass is 413 g/mol. The molecule has 1 amide bonds. The number of carbonyl (C=O) groups is 1. The molecule has 9 heteroatoms. The Hall–Kier alpha value is -3.00. The molecule has 1 heterocycles. The topological polar surface area (TPSA) is 51.5 Å². The number of halogens is 5. The van der Waals surface area contributed by atoms with Gasteiger partial charge in [0.25, 0.3) is 5.91 Å². The molecule has 0 saturated heterocycles. The molecule has 0 fully saturated rings. The molecule has 3 aromatic rings. The van der Waals surface area contributed by atoms with Crippen LogP contribution in [0.5, 0.6) is 5.75 Å². The molecule has 0 spiro atoms. The highest BCUT2D eigenvalue weighted by Crippen LogP contribution is 2.27. The number of furan rings is 1. The van der Waals surface area contributed by atoms with E-state index < -0.39 is 41.5 Å². The molecular weight excluding hydrogens is 402 g/mol. The highest BCUT2D eigenvalue weighted by atomic mass is 35.5. The van der Waals surface area contributed by atoms with Gasteiger partial charge < -0.3 is 14.5 Å². The summed E-state index contributed by atoms with van der Waals surface area (Å²) in [5.74, 6) is -8.42. The third-order valence-corrected chi connectivity index (χ3v) is 4.00. The minimum Gasteiger partial charge on any atom is -0.479 e. The Morgan fingerprint density at radius 3 is 2.43 bits per heavy atom. The van der Waals surface area contributed by atoms with Crippen molar-refractivity contribution in [3.8, 4) is 5.75 Å². The first kappa shape index (κ1) is 19.8. The smallest absolute Gasteiger partial charge is 0.291 e. The Bertz CT molecular complexity index is 1030. The van der Waals surface area contributed by atoms with Crippen molar-refractivity contribution in [1.82, 2.24) is 0 Å². The summed E-state index contributed by atoms with van der Waals surface area (Å²) in [5, 5.41) is 3.04. The van der Waals surface area contributed by atoms with Crippen LogP contribution in [-0.4, -0.2) is 5.91 Å². The van der Waals surface area contributed by atoms with Crippen molar-refractivity contribution >= 4 is 23.2 Å². The molecule has 3 rings (SSSR count). The summed E-state index contributed by atoms with van der Waals surface area (Å²) in [7, 11) is 0. The highest BCUT2D eigenvalue weighted by molar-refractivity contribution is 6.31. The number of anilines is 1. The molecule has 0 aliphatic heterocycles. The maximum atomic E-state index is 13.6. The number of amides is 1. The average Bonchev–Trinajstić information content (AvgIpc) is 3.12. The van der Waals surface area contributed by atoms with E-state index in [1.807, 2.05) is 0 Å². The van der Waals surface area contributed by atoms with Gasteiger partial charge in [-0.15, -0.1) is 0 Å². The molecule has 0 aliphatic carbocycles. The molecule has 2 aromatic carbocycles. The Balaban J connectivity index is 1.71. The average molecular weight is 414 g/mol. The van der Waals surface area contributed by atoms with E-state index in [1.165, 1.54) is 12.1 Å². The number of nitrogens with one attached hydrogen (secondary N) is 1. The van der Waals surface area contributed by atoms with Crippen LogP contribution in [-0.2, 0) is 6.61 Å². The van der Waals surface area contributed by atoms with Gasteiger partial charge in [-0.25, -0.2) is 8.78 Å². The van der Waals surface area contributed by atoms with Crippen molar-refractivity contribution in [3.63, 3.8) is 0 Å². The van der Waals surface area contributed by atoms with E-state index in [-0.39, 0.29) is 17.6 Å². The molecule has 1 N–H and O–H groups in total. The summed E-state index contributed by atoms with van der Waals surface area (Å²) < 4.78 is 63.5. The number of hydrogen-bond acceptors (Lipinski definition) is 3. The second-order valence-electron chi connectivity index (χ2n) is 5.77. The van der Waals surface area contributed by atoms with Crippen LogP contribution in [0.15, 0.2) is 40.8 Å². The maximum absolute atomic E-state index is 13.6. The molecule has 146 valence electrons. The summed E-state index contributed by atoms with van der Waals surface area (Å²) in [6.07, 6.45) is 0. The van der Waals surface area contributed by atoms with Crippen LogP contribution in [0.1, 0.15) is 21.9 Å². The van der Waals surface area contributed by atoms with Crippen molar-refractivity contribution in [2.45, 2.75) is 13.5 Å². The zero-order valence-electron chi connectivity index (χ0n) is 14.3. The first-order valence-electron chi connectivity index (χ1n) is 7.88. The fourth-order valence-electron chi connectivity index (χ4n) is 2.31. The van der Waals surface area contributed by atoms with Gasteiger partial charge in [-0.1, -0.05) is 17.7 Å². The molecule has 0 bridgehead atoms. The lowest BCUT2D eigenvalue weighted by atomic mass is 10.2. The van der Waals surface area contributed by atoms with Gasteiger partial charge in [-0.3, -0.25) is 4.79 Å². The van der Waals surface area contributed by atoms with Crippen molar-refractivity contribution in [1.29, 1.82) is 0 Å². The molecule has 28 heavy (non-hydrogen) atoms. The largest absolute Gasteiger partial charge is 0.479 e. The first-order chi connectivity index (χ1) is 13.3. The summed E-state index contributed by atoms with van der Waals surface area (Å²) in [6, 6.07) is 7.66. The van der Waals surface area contributed by atoms with Crippen LogP contribution in [0.3, 0.4) is 0 Å². The van der Waals surface area contributed by atoms with Gasteiger partial charge in [-0.2, -0.15) is 8.78 Å². The Kier molecular flexibility index (Phi) is 5.60. The number of rotatable bonds is 5. The minimum atomic E-state index is -1.67. The van der Waals surface area contributed by atoms with E-state index in [2.05, 4.69) is 5.32 Å². The van der Waals surface area contributed by atoms with Gasteiger partial charge in [0.2, 0.25) is 11.6 Å². The van der Waals surface area contributed by atoms with Crippen molar-refractivity contribution < 1.29 is 31.5 Å². The standard InChI is InChI=1S/C19H12ClF4NO3/c1-9-2-3-10(20)6-14(9)25-19(26)15-5-4-11(28-15)8-27-18-16(23)12(21)7-13(22)17(18)24/h2-7H,8H2,1H3,(H,25,26). The van der Waals surface area contributed by atoms with Crippen LogP contribution >= 0.6 is 11.6 Å². The SMILES string of the molecule is Cc1ccc(Cl)cc1NC(=O)c1ccc(COc2c(F)c(F)cc(F)c2F)o1. The first-order valence-corrected chi connectivity index (χ1v) is 8.26. The maximum Gasteiger partial charge on any atom is 0.291 e. The number of ether oxygens (including phenoxy) is 1. The van der Waals surface area contributed by atoms with Crippen LogP contribution < -0.4 is 10.1 Å². The molecule has 1 aromatic heterocycles. The molecule has 0 atom stereocenters. The van der Waals surface area contributed by atoms with Crippen LogP contribution in [0.25, 0.3) is 0 Å². The van der Waals surface area contributed by atoms with E-state index >= 15 is 0 Å². The zero-order chi connectivity index (χ0) is 20.4. The second-order valence-corrected chi connectivity index (χ2v) is 6.20. The molecule has 0 radical (unpaired) electrons. The Morgan fingerprint density at radius 1 is 1.07 bits per heavy atom. The molecular formula is C19H12ClF4NO3. The van der Waals surface area contributed by atoms with E-state index in [1.54, 1.807) is 25.1 Å².